The third-order valence-electron chi connectivity index (χ3n) is 4.51. The predicted octanol–water partition coefficient (Wildman–Crippen LogP) is 2.94. The van der Waals surface area contributed by atoms with Gasteiger partial charge in [0.05, 0.1) is 0 Å². The lowest BCUT2D eigenvalue weighted by molar-refractivity contribution is 0.261. The Kier molecular flexibility index (Phi) is 4.08. The van der Waals surface area contributed by atoms with Crippen molar-refractivity contribution in [3.63, 3.8) is 0 Å². The van der Waals surface area contributed by atoms with Crippen LogP contribution in [0.3, 0.4) is 0 Å². The second-order valence-electron chi connectivity index (χ2n) is 6.10. The summed E-state index contributed by atoms with van der Waals surface area (Å²) in [5.41, 5.74) is 2.67. The molecule has 1 atom stereocenters. The van der Waals surface area contributed by atoms with Crippen LogP contribution in [0.1, 0.15) is 18.9 Å². The highest BCUT2D eigenvalue weighted by molar-refractivity contribution is 5.82. The lowest BCUT2D eigenvalue weighted by Crippen LogP contribution is -2.28. The molecule has 3 heteroatoms. The van der Waals surface area contributed by atoms with Gasteiger partial charge in [-0.15, -0.1) is 0 Å². The average molecular weight is 271 g/mol. The molecule has 0 bridgehead atoms. The van der Waals surface area contributed by atoms with Gasteiger partial charge in [0.15, 0.2) is 0 Å². The molecule has 0 radical (unpaired) electrons. The standard InChI is InChI=1S/C17H25N3/c1-3-20-10-8-14(12-20)11-19(2)13-15-5-4-6-17-16(15)7-9-18-17/h4-7,9,14,18H,3,8,10-13H2,1-2H3. The van der Waals surface area contributed by atoms with Crippen LogP contribution in [0.15, 0.2) is 30.5 Å². The van der Waals surface area contributed by atoms with Gasteiger partial charge in [0.1, 0.15) is 0 Å². The molecule has 1 saturated heterocycles. The number of aromatic amines is 1. The van der Waals surface area contributed by atoms with Crippen LogP contribution in [0.25, 0.3) is 10.9 Å². The van der Waals surface area contributed by atoms with Crippen LogP contribution in [0.2, 0.25) is 0 Å². The van der Waals surface area contributed by atoms with Gasteiger partial charge in [0.25, 0.3) is 0 Å². The summed E-state index contributed by atoms with van der Waals surface area (Å²) < 4.78 is 0. The molecule has 2 heterocycles. The Hall–Kier alpha value is -1.32. The number of nitrogens with one attached hydrogen (secondary N) is 1. The molecule has 0 saturated carbocycles. The molecular weight excluding hydrogens is 246 g/mol. The third-order valence-corrected chi connectivity index (χ3v) is 4.51. The van der Waals surface area contributed by atoms with Gasteiger partial charge in [-0.05, 0) is 50.2 Å². The van der Waals surface area contributed by atoms with Gasteiger partial charge in [-0.25, -0.2) is 0 Å². The topological polar surface area (TPSA) is 22.3 Å². The minimum atomic E-state index is 0.838. The van der Waals surface area contributed by atoms with Crippen LogP contribution < -0.4 is 0 Å². The van der Waals surface area contributed by atoms with E-state index >= 15 is 0 Å². The second-order valence-corrected chi connectivity index (χ2v) is 6.10. The molecule has 108 valence electrons. The van der Waals surface area contributed by atoms with Crippen LogP contribution in [0.4, 0.5) is 0 Å². The number of hydrogen-bond acceptors (Lipinski definition) is 2. The fourth-order valence-corrected chi connectivity index (χ4v) is 3.43. The van der Waals surface area contributed by atoms with E-state index in [9.17, 15) is 0 Å². The zero-order valence-electron chi connectivity index (χ0n) is 12.6. The number of H-pyrrole nitrogens is 1. The Morgan fingerprint density at radius 2 is 2.25 bits per heavy atom. The van der Waals surface area contributed by atoms with Crippen LogP contribution in [0.5, 0.6) is 0 Å². The zero-order valence-corrected chi connectivity index (χ0v) is 12.6. The summed E-state index contributed by atoms with van der Waals surface area (Å²) in [6, 6.07) is 8.73. The van der Waals surface area contributed by atoms with Crippen molar-refractivity contribution in [1.29, 1.82) is 0 Å². The maximum absolute atomic E-state index is 3.29. The quantitative estimate of drug-likeness (QED) is 0.903. The summed E-state index contributed by atoms with van der Waals surface area (Å²) in [6.07, 6.45) is 3.39. The van der Waals surface area contributed by atoms with Gasteiger partial charge >= 0.3 is 0 Å². The third kappa shape index (κ3) is 2.89. The van der Waals surface area contributed by atoms with E-state index in [-0.39, 0.29) is 0 Å². The van der Waals surface area contributed by atoms with E-state index in [4.69, 9.17) is 0 Å². The van der Waals surface area contributed by atoms with E-state index in [0.717, 1.165) is 12.5 Å². The SMILES string of the molecule is CCN1CCC(CN(C)Cc2cccc3[nH]ccc23)C1. The van der Waals surface area contributed by atoms with Crippen molar-refractivity contribution in [3.8, 4) is 0 Å². The van der Waals surface area contributed by atoms with E-state index in [2.05, 4.69) is 53.0 Å². The number of fused-ring (bicyclic) bond motifs is 1. The van der Waals surface area contributed by atoms with Gasteiger partial charge in [-0.2, -0.15) is 0 Å². The summed E-state index contributed by atoms with van der Waals surface area (Å²) in [5.74, 6) is 0.838. The highest BCUT2D eigenvalue weighted by Gasteiger charge is 2.22. The van der Waals surface area contributed by atoms with E-state index in [1.54, 1.807) is 0 Å². The van der Waals surface area contributed by atoms with Crippen LogP contribution in [-0.2, 0) is 6.54 Å². The molecule has 3 nitrogen and oxygen atoms in total. The Bertz CT molecular complexity index is 560. The molecule has 0 spiro atoms. The number of benzene rings is 1. The maximum atomic E-state index is 3.29. The van der Waals surface area contributed by atoms with E-state index < -0.39 is 0 Å². The van der Waals surface area contributed by atoms with E-state index in [1.807, 2.05) is 6.20 Å². The number of likely N-dealkylation sites (tertiary alicyclic amines) is 1. The Morgan fingerprint density at radius 3 is 3.05 bits per heavy atom. The molecule has 1 aromatic heterocycles. The highest BCUT2D eigenvalue weighted by Crippen LogP contribution is 2.21. The van der Waals surface area contributed by atoms with Crippen molar-refractivity contribution in [2.24, 2.45) is 5.92 Å². The first-order chi connectivity index (χ1) is 9.76. The van der Waals surface area contributed by atoms with Gasteiger partial charge in [0, 0.05) is 36.7 Å². The lowest BCUT2D eigenvalue weighted by Gasteiger charge is -2.21. The first kappa shape index (κ1) is 13.7. The zero-order chi connectivity index (χ0) is 13.9. The average Bonchev–Trinajstić information content (AvgIpc) is 3.07. The number of rotatable bonds is 5. The first-order valence-corrected chi connectivity index (χ1v) is 7.72. The molecule has 0 amide bonds. The summed E-state index contributed by atoms with van der Waals surface area (Å²) in [5, 5.41) is 1.36. The van der Waals surface area contributed by atoms with Crippen molar-refractivity contribution in [3.05, 3.63) is 36.0 Å². The fraction of sp³-hybridized carbons (Fsp3) is 0.529. The van der Waals surface area contributed by atoms with Gasteiger partial charge < -0.3 is 14.8 Å². The summed E-state index contributed by atoms with van der Waals surface area (Å²) in [6.45, 7) is 8.26. The maximum Gasteiger partial charge on any atom is 0.0457 e. The Labute approximate surface area is 121 Å². The first-order valence-electron chi connectivity index (χ1n) is 7.72. The minimum Gasteiger partial charge on any atom is -0.361 e. The molecule has 2 aromatic rings. The summed E-state index contributed by atoms with van der Waals surface area (Å²) in [4.78, 5) is 8.33. The van der Waals surface area contributed by atoms with Crippen LogP contribution in [0, 0.1) is 5.92 Å². The molecule has 1 fully saturated rings. The largest absolute Gasteiger partial charge is 0.361 e. The number of aromatic nitrogens is 1. The predicted molar refractivity (Wildman–Crippen MR) is 84.9 cm³/mol. The van der Waals surface area contributed by atoms with Crippen LogP contribution >= 0.6 is 0 Å². The van der Waals surface area contributed by atoms with E-state index in [1.165, 1.54) is 49.1 Å². The molecule has 1 unspecified atom stereocenters. The number of hydrogen-bond donors (Lipinski definition) is 1. The monoisotopic (exact) mass is 271 g/mol. The summed E-state index contributed by atoms with van der Waals surface area (Å²) in [7, 11) is 2.25. The summed E-state index contributed by atoms with van der Waals surface area (Å²) >= 11 is 0. The van der Waals surface area contributed by atoms with E-state index in [0.29, 0.717) is 0 Å². The minimum absolute atomic E-state index is 0.838. The molecule has 3 rings (SSSR count). The van der Waals surface area contributed by atoms with Crippen LogP contribution in [-0.4, -0.2) is 48.0 Å². The highest BCUT2D eigenvalue weighted by atomic mass is 15.2. The molecule has 0 aliphatic carbocycles. The van der Waals surface area contributed by atoms with Crippen molar-refractivity contribution in [2.45, 2.75) is 19.9 Å². The molecule has 1 N–H and O–H groups in total. The van der Waals surface area contributed by atoms with Gasteiger partial charge in [-0.1, -0.05) is 19.1 Å². The Balaban J connectivity index is 1.61. The smallest absolute Gasteiger partial charge is 0.0457 e. The normalized spacial score (nSPS) is 20.2. The fourth-order valence-electron chi connectivity index (χ4n) is 3.43. The number of nitrogens with zero attached hydrogens (tertiary/aromatic N) is 2. The molecule has 1 aliphatic heterocycles. The molecule has 1 aliphatic rings. The van der Waals surface area contributed by atoms with Crippen molar-refractivity contribution in [2.75, 3.05) is 33.2 Å². The van der Waals surface area contributed by atoms with Crippen molar-refractivity contribution in [1.82, 2.24) is 14.8 Å². The van der Waals surface area contributed by atoms with Crippen molar-refractivity contribution < 1.29 is 0 Å². The second kappa shape index (κ2) is 5.98. The molecule has 1 aromatic carbocycles. The lowest BCUT2D eigenvalue weighted by atomic mass is 10.1. The van der Waals surface area contributed by atoms with Crippen molar-refractivity contribution >= 4 is 10.9 Å². The molecule has 20 heavy (non-hydrogen) atoms. The van der Waals surface area contributed by atoms with Gasteiger partial charge in [0.2, 0.25) is 0 Å². The van der Waals surface area contributed by atoms with Gasteiger partial charge in [-0.3, -0.25) is 0 Å². The Morgan fingerprint density at radius 1 is 1.35 bits per heavy atom. The molecular formula is C17H25N3.